The van der Waals surface area contributed by atoms with E-state index in [-0.39, 0.29) is 28.8 Å². The van der Waals surface area contributed by atoms with Gasteiger partial charge < -0.3 is 15.0 Å². The fourth-order valence-electron chi connectivity index (χ4n) is 2.93. The van der Waals surface area contributed by atoms with Crippen LogP contribution < -0.4 is 15.6 Å². The number of H-pyrrole nitrogens is 1. The molecule has 1 aliphatic heterocycles. The van der Waals surface area contributed by atoms with Crippen molar-refractivity contribution in [1.29, 1.82) is 0 Å². The number of aromatic nitrogens is 2. The number of thiophene rings is 1. The second-order valence-corrected chi connectivity index (χ2v) is 7.07. The topological polar surface area (TPSA) is 126 Å². The molecule has 0 atom stereocenters. The third kappa shape index (κ3) is 3.50. The lowest BCUT2D eigenvalue weighted by atomic mass is 10.0. The molecule has 0 spiro atoms. The summed E-state index contributed by atoms with van der Waals surface area (Å²) < 4.78 is 10.9. The van der Waals surface area contributed by atoms with Crippen LogP contribution >= 0.6 is 11.3 Å². The van der Waals surface area contributed by atoms with Crippen molar-refractivity contribution < 1.29 is 28.3 Å². The second kappa shape index (κ2) is 7.35. The first-order valence-electron chi connectivity index (χ1n) is 8.29. The Balaban J connectivity index is 1.99. The van der Waals surface area contributed by atoms with Crippen molar-refractivity contribution in [2.75, 3.05) is 18.5 Å². The second-order valence-electron chi connectivity index (χ2n) is 5.96. The van der Waals surface area contributed by atoms with E-state index in [4.69, 9.17) is 4.74 Å². The molecule has 3 heterocycles. The molecule has 10 nitrogen and oxygen atoms in total. The van der Waals surface area contributed by atoms with Gasteiger partial charge in [0.15, 0.2) is 7.05 Å². The van der Waals surface area contributed by atoms with Crippen molar-refractivity contribution in [2.24, 2.45) is 7.05 Å². The van der Waals surface area contributed by atoms with E-state index in [2.05, 4.69) is 15.1 Å². The summed E-state index contributed by atoms with van der Waals surface area (Å²) in [7, 11) is 1.45. The molecular formula is C16H19N4O6S+. The average molecular weight is 395 g/mol. The number of anilines is 1. The third-order valence-electron chi connectivity index (χ3n) is 4.23. The van der Waals surface area contributed by atoms with Gasteiger partial charge in [-0.25, -0.2) is 9.59 Å². The molecule has 2 N–H and O–H groups in total. The van der Waals surface area contributed by atoms with E-state index < -0.39 is 17.5 Å². The van der Waals surface area contributed by atoms with E-state index in [1.54, 1.807) is 11.8 Å². The van der Waals surface area contributed by atoms with Gasteiger partial charge in [-0.1, -0.05) is 4.68 Å². The molecule has 0 unspecified atom stereocenters. The van der Waals surface area contributed by atoms with E-state index in [1.165, 1.54) is 25.3 Å². The summed E-state index contributed by atoms with van der Waals surface area (Å²) in [6, 6.07) is 0. The van der Waals surface area contributed by atoms with E-state index in [0.717, 1.165) is 15.1 Å². The first kappa shape index (κ1) is 18.8. The maximum absolute atomic E-state index is 12.5. The smallest absolute Gasteiger partial charge is 0.440 e. The monoisotopic (exact) mass is 395 g/mol. The molecule has 1 aliphatic rings. The fourth-order valence-corrected chi connectivity index (χ4v) is 4.17. The molecular weight excluding hydrogens is 376 g/mol. The predicted octanol–water partition coefficient (Wildman–Crippen LogP) is 0.187. The quantitative estimate of drug-likeness (QED) is 0.562. The molecule has 0 saturated carbocycles. The largest absolute Gasteiger partial charge is 0.462 e. The predicted molar refractivity (Wildman–Crippen MR) is 93.5 cm³/mol. The zero-order chi connectivity index (χ0) is 19.7. The molecule has 0 bridgehead atoms. The fraction of sp³-hybridized carbons (Fsp3) is 0.438. The molecule has 0 aromatic carbocycles. The Labute approximate surface area is 157 Å². The van der Waals surface area contributed by atoms with Crippen LogP contribution in [0.3, 0.4) is 0 Å². The van der Waals surface area contributed by atoms with Crippen LogP contribution in [0.2, 0.25) is 0 Å². The highest BCUT2D eigenvalue weighted by atomic mass is 32.1. The number of amides is 2. The van der Waals surface area contributed by atoms with Gasteiger partial charge in [0.05, 0.1) is 18.7 Å². The molecule has 11 heteroatoms. The van der Waals surface area contributed by atoms with Gasteiger partial charge in [-0.05, 0) is 24.2 Å². The normalized spacial score (nSPS) is 13.2. The number of esters is 1. The van der Waals surface area contributed by atoms with Crippen molar-refractivity contribution in [3.63, 3.8) is 0 Å². The summed E-state index contributed by atoms with van der Waals surface area (Å²) >= 11 is 1.20. The van der Waals surface area contributed by atoms with Gasteiger partial charge in [0, 0.05) is 18.3 Å². The minimum Gasteiger partial charge on any atom is -0.462 e. The van der Waals surface area contributed by atoms with Crippen molar-refractivity contribution in [1.82, 2.24) is 10.2 Å². The summed E-state index contributed by atoms with van der Waals surface area (Å²) in [6.07, 6.45) is 0.482. The van der Waals surface area contributed by atoms with Crippen LogP contribution in [-0.2, 0) is 29.5 Å². The van der Waals surface area contributed by atoms with E-state index in [0.29, 0.717) is 19.5 Å². The SMILES string of the molecule is CCOC(=O)c1c(NC(=O)c2c(=O)o[nH][n+]2C)sc2c1CCN(C(C)=O)C2. The van der Waals surface area contributed by atoms with Gasteiger partial charge in [-0.3, -0.25) is 14.1 Å². The zero-order valence-corrected chi connectivity index (χ0v) is 15.9. The Bertz CT molecular complexity index is 972. The minimum atomic E-state index is -0.822. The Morgan fingerprint density at radius 3 is 2.74 bits per heavy atom. The first-order valence-corrected chi connectivity index (χ1v) is 9.11. The maximum Gasteiger partial charge on any atom is 0.440 e. The van der Waals surface area contributed by atoms with Crippen LogP contribution in [0.25, 0.3) is 0 Å². The third-order valence-corrected chi connectivity index (χ3v) is 5.36. The van der Waals surface area contributed by atoms with Gasteiger partial charge in [0.25, 0.3) is 0 Å². The summed E-state index contributed by atoms with van der Waals surface area (Å²) in [6.45, 7) is 4.20. The van der Waals surface area contributed by atoms with Gasteiger partial charge >= 0.3 is 23.2 Å². The maximum atomic E-state index is 12.5. The molecule has 0 aliphatic carbocycles. The Kier molecular flexibility index (Phi) is 5.13. The van der Waals surface area contributed by atoms with Crippen LogP contribution in [0.15, 0.2) is 9.32 Å². The number of aromatic amines is 1. The van der Waals surface area contributed by atoms with E-state index >= 15 is 0 Å². The lowest BCUT2D eigenvalue weighted by Crippen LogP contribution is -2.41. The lowest BCUT2D eigenvalue weighted by molar-refractivity contribution is -0.741. The summed E-state index contributed by atoms with van der Waals surface area (Å²) in [5.41, 5.74) is -0.0222. The van der Waals surface area contributed by atoms with Crippen LogP contribution in [0.5, 0.6) is 0 Å². The molecule has 144 valence electrons. The number of aryl methyl sites for hydroxylation is 1. The van der Waals surface area contributed by atoms with Crippen LogP contribution in [0, 0.1) is 0 Å². The highest BCUT2D eigenvalue weighted by Crippen LogP contribution is 2.37. The summed E-state index contributed by atoms with van der Waals surface area (Å²) in [5, 5.41) is 5.16. The van der Waals surface area contributed by atoms with Crippen LogP contribution in [-0.4, -0.2) is 41.1 Å². The van der Waals surface area contributed by atoms with Crippen molar-refractivity contribution in [3.05, 3.63) is 32.1 Å². The van der Waals surface area contributed by atoms with Crippen molar-refractivity contribution >= 4 is 34.1 Å². The molecule has 3 rings (SSSR count). The van der Waals surface area contributed by atoms with Gasteiger partial charge in [0.1, 0.15) is 5.00 Å². The van der Waals surface area contributed by atoms with Crippen molar-refractivity contribution in [2.45, 2.75) is 26.8 Å². The van der Waals surface area contributed by atoms with E-state index in [9.17, 15) is 19.2 Å². The molecule has 2 aromatic heterocycles. The minimum absolute atomic E-state index is 0.0609. The number of carbonyl (C=O) groups is 3. The van der Waals surface area contributed by atoms with Gasteiger partial charge in [0.2, 0.25) is 5.91 Å². The number of rotatable bonds is 4. The first-order chi connectivity index (χ1) is 12.8. The molecule has 2 aromatic rings. The number of nitrogens with zero attached hydrogens (tertiary/aromatic N) is 2. The van der Waals surface area contributed by atoms with E-state index in [1.807, 2.05) is 0 Å². The Morgan fingerprint density at radius 1 is 1.41 bits per heavy atom. The van der Waals surface area contributed by atoms with Gasteiger partial charge in [-0.15, -0.1) is 11.3 Å². The lowest BCUT2D eigenvalue weighted by Gasteiger charge is -2.25. The van der Waals surface area contributed by atoms with Crippen molar-refractivity contribution in [3.8, 4) is 0 Å². The van der Waals surface area contributed by atoms with Gasteiger partial charge in [-0.2, -0.15) is 0 Å². The molecule has 2 amide bonds. The number of hydrogen-bond donors (Lipinski definition) is 2. The molecule has 0 fully saturated rings. The standard InChI is InChI=1S/C16H18N4O6S/c1-4-25-15(23)11-9-5-6-20(8(2)21)7-10(9)27-14(11)17-13(22)12-16(24)26-18-19(12)3/h4-7H2,1-3H3,(H-,17,18,22,23,24)/p+1. The number of fused-ring (bicyclic) bond motifs is 1. The van der Waals surface area contributed by atoms with Crippen LogP contribution in [0.1, 0.15) is 45.1 Å². The van der Waals surface area contributed by atoms with Crippen LogP contribution in [0.4, 0.5) is 5.00 Å². The summed E-state index contributed by atoms with van der Waals surface area (Å²) in [4.78, 5) is 50.8. The Hall–Kier alpha value is -2.95. The molecule has 0 radical (unpaired) electrons. The number of ether oxygens (including phenoxy) is 1. The highest BCUT2D eigenvalue weighted by Gasteiger charge is 2.33. The molecule has 0 saturated heterocycles. The summed E-state index contributed by atoms with van der Waals surface area (Å²) in [5.74, 6) is -1.32. The Morgan fingerprint density at radius 2 is 2.15 bits per heavy atom. The average Bonchev–Trinajstić information content (AvgIpc) is 3.13. The number of hydrogen-bond acceptors (Lipinski definition) is 7. The number of carbonyl (C=O) groups excluding carboxylic acids is 3. The highest BCUT2D eigenvalue weighted by molar-refractivity contribution is 7.17. The molecule has 27 heavy (non-hydrogen) atoms. The number of nitrogens with one attached hydrogen (secondary N) is 2. The zero-order valence-electron chi connectivity index (χ0n) is 15.1.